The maximum absolute atomic E-state index is 4.57. The molecule has 0 bridgehead atoms. The second-order valence-corrected chi connectivity index (χ2v) is 5.44. The van der Waals surface area contributed by atoms with E-state index in [1.54, 1.807) is 11.3 Å². The average Bonchev–Trinajstić information content (AvgIpc) is 2.71. The fourth-order valence-corrected chi connectivity index (χ4v) is 3.00. The zero-order valence-corrected chi connectivity index (χ0v) is 10.1. The molecular weight excluding hydrogens is 248 g/mol. The van der Waals surface area contributed by atoms with Crippen LogP contribution in [0.1, 0.15) is 19.0 Å². The fraction of sp³-hybridized carbons (Fsp3) is 0.667. The number of nitrogens with zero attached hydrogens (tertiary/aromatic N) is 2. The van der Waals surface area contributed by atoms with Crippen LogP contribution >= 0.6 is 27.3 Å². The first-order valence-electron chi connectivity index (χ1n) is 4.63. The van der Waals surface area contributed by atoms with Crippen LogP contribution in [0.4, 0.5) is 5.13 Å². The second kappa shape index (κ2) is 3.96. The van der Waals surface area contributed by atoms with E-state index < -0.39 is 0 Å². The van der Waals surface area contributed by atoms with Crippen LogP contribution in [0.3, 0.4) is 0 Å². The highest BCUT2D eigenvalue weighted by atomic mass is 79.9. The summed E-state index contributed by atoms with van der Waals surface area (Å²) in [6.07, 6.45) is 2.28. The second-order valence-electron chi connectivity index (χ2n) is 3.31. The quantitative estimate of drug-likeness (QED) is 0.761. The summed E-state index contributed by atoms with van der Waals surface area (Å²) in [5.74, 6) is 0. The Morgan fingerprint density at radius 2 is 2.62 bits per heavy atom. The van der Waals surface area contributed by atoms with Crippen molar-refractivity contribution in [1.29, 1.82) is 0 Å². The first-order valence-corrected chi connectivity index (χ1v) is 6.42. The number of rotatable bonds is 2. The summed E-state index contributed by atoms with van der Waals surface area (Å²) in [5, 5.41) is 3.36. The maximum atomic E-state index is 4.57. The summed E-state index contributed by atoms with van der Waals surface area (Å²) in [7, 11) is 0. The highest BCUT2D eigenvalue weighted by Gasteiger charge is 2.21. The van der Waals surface area contributed by atoms with Crippen molar-refractivity contribution in [3.63, 3.8) is 0 Å². The third-order valence-corrected chi connectivity index (χ3v) is 4.00. The maximum Gasteiger partial charge on any atom is 0.185 e. The Kier molecular flexibility index (Phi) is 2.89. The average molecular weight is 261 g/mol. The lowest BCUT2D eigenvalue weighted by Gasteiger charge is -2.12. The predicted molar refractivity (Wildman–Crippen MR) is 61.0 cm³/mol. The lowest BCUT2D eigenvalue weighted by molar-refractivity contribution is 0.941. The molecular formula is C9H13BrN2S. The van der Waals surface area contributed by atoms with Gasteiger partial charge in [0.15, 0.2) is 5.13 Å². The molecule has 1 saturated heterocycles. The minimum Gasteiger partial charge on any atom is -0.347 e. The van der Waals surface area contributed by atoms with E-state index in [9.17, 15) is 0 Å². The first-order chi connectivity index (χ1) is 6.29. The molecule has 0 spiro atoms. The summed E-state index contributed by atoms with van der Waals surface area (Å²) in [5.41, 5.74) is 1.22. The Bertz CT molecular complexity index is 287. The van der Waals surface area contributed by atoms with Crippen molar-refractivity contribution in [2.45, 2.75) is 24.6 Å². The van der Waals surface area contributed by atoms with Gasteiger partial charge in [-0.3, -0.25) is 0 Å². The molecule has 1 aromatic rings. The highest BCUT2D eigenvalue weighted by Crippen LogP contribution is 2.26. The van der Waals surface area contributed by atoms with Crippen molar-refractivity contribution in [1.82, 2.24) is 4.98 Å². The molecule has 1 fully saturated rings. The minimum absolute atomic E-state index is 0.654. The van der Waals surface area contributed by atoms with Crippen LogP contribution in [0.2, 0.25) is 0 Å². The first kappa shape index (κ1) is 9.46. The van der Waals surface area contributed by atoms with Crippen molar-refractivity contribution in [3.05, 3.63) is 11.1 Å². The Balaban J connectivity index is 2.08. The van der Waals surface area contributed by atoms with Crippen molar-refractivity contribution < 1.29 is 0 Å². The number of hydrogen-bond acceptors (Lipinski definition) is 3. The van der Waals surface area contributed by atoms with E-state index in [1.165, 1.54) is 17.2 Å². The van der Waals surface area contributed by atoms with Crippen molar-refractivity contribution in [3.8, 4) is 0 Å². The molecule has 2 nitrogen and oxygen atoms in total. The molecule has 72 valence electrons. The van der Waals surface area contributed by atoms with E-state index in [0.29, 0.717) is 4.83 Å². The van der Waals surface area contributed by atoms with Gasteiger partial charge >= 0.3 is 0 Å². The molecule has 0 radical (unpaired) electrons. The molecule has 0 saturated carbocycles. The topological polar surface area (TPSA) is 16.1 Å². The van der Waals surface area contributed by atoms with Gasteiger partial charge in [-0.1, -0.05) is 22.9 Å². The summed E-state index contributed by atoms with van der Waals surface area (Å²) in [4.78, 5) is 7.59. The van der Waals surface area contributed by atoms with Crippen molar-refractivity contribution in [2.24, 2.45) is 0 Å². The number of thiazole rings is 1. The molecule has 2 heterocycles. The van der Waals surface area contributed by atoms with Crippen LogP contribution < -0.4 is 4.90 Å². The molecule has 1 aliphatic heterocycles. The Hall–Kier alpha value is -0.0900. The van der Waals surface area contributed by atoms with Crippen LogP contribution in [-0.2, 0) is 6.42 Å². The van der Waals surface area contributed by atoms with Gasteiger partial charge in [-0.15, -0.1) is 11.3 Å². The number of alkyl halides is 1. The van der Waals surface area contributed by atoms with Gasteiger partial charge < -0.3 is 4.90 Å². The van der Waals surface area contributed by atoms with E-state index >= 15 is 0 Å². The van der Waals surface area contributed by atoms with Gasteiger partial charge in [-0.2, -0.15) is 0 Å². The van der Waals surface area contributed by atoms with E-state index in [-0.39, 0.29) is 0 Å². The smallest absolute Gasteiger partial charge is 0.185 e. The molecule has 13 heavy (non-hydrogen) atoms. The normalized spacial score (nSPS) is 22.6. The number of halogens is 1. The SMILES string of the molecule is CCc1csc(N2CCC(Br)C2)n1. The zero-order chi connectivity index (χ0) is 9.26. The number of anilines is 1. The Morgan fingerprint density at radius 1 is 1.77 bits per heavy atom. The van der Waals surface area contributed by atoms with Gasteiger partial charge in [0.1, 0.15) is 0 Å². The number of aryl methyl sites for hydroxylation is 1. The van der Waals surface area contributed by atoms with Crippen LogP contribution in [0.25, 0.3) is 0 Å². The zero-order valence-electron chi connectivity index (χ0n) is 7.66. The molecule has 0 amide bonds. The third-order valence-electron chi connectivity index (χ3n) is 2.30. The molecule has 0 aromatic carbocycles. The van der Waals surface area contributed by atoms with Gasteiger partial charge in [-0.25, -0.2) is 4.98 Å². The molecule has 1 aliphatic rings. The monoisotopic (exact) mass is 260 g/mol. The third kappa shape index (κ3) is 2.05. The van der Waals surface area contributed by atoms with Gasteiger partial charge in [0.25, 0.3) is 0 Å². The highest BCUT2D eigenvalue weighted by molar-refractivity contribution is 9.09. The standard InChI is InChI=1S/C9H13BrN2S/c1-2-8-6-13-9(11-8)12-4-3-7(10)5-12/h6-7H,2-5H2,1H3. The van der Waals surface area contributed by atoms with Crippen molar-refractivity contribution in [2.75, 3.05) is 18.0 Å². The van der Waals surface area contributed by atoms with Crippen LogP contribution in [0, 0.1) is 0 Å². The van der Waals surface area contributed by atoms with Gasteiger partial charge in [0, 0.05) is 23.3 Å². The van der Waals surface area contributed by atoms with Gasteiger partial charge in [0.05, 0.1) is 5.69 Å². The molecule has 1 aromatic heterocycles. The van der Waals surface area contributed by atoms with E-state index in [0.717, 1.165) is 19.5 Å². The van der Waals surface area contributed by atoms with Crippen LogP contribution in [0.15, 0.2) is 5.38 Å². The Morgan fingerprint density at radius 3 is 3.15 bits per heavy atom. The Labute approximate surface area is 91.1 Å². The fourth-order valence-electron chi connectivity index (χ4n) is 1.50. The lowest BCUT2D eigenvalue weighted by Crippen LogP contribution is -2.19. The largest absolute Gasteiger partial charge is 0.347 e. The molecule has 1 atom stereocenters. The van der Waals surface area contributed by atoms with Gasteiger partial charge in [-0.05, 0) is 12.8 Å². The number of aromatic nitrogens is 1. The van der Waals surface area contributed by atoms with E-state index in [2.05, 4.69) is 38.1 Å². The number of hydrogen-bond donors (Lipinski definition) is 0. The lowest BCUT2D eigenvalue weighted by atomic mass is 10.4. The minimum atomic E-state index is 0.654. The van der Waals surface area contributed by atoms with Crippen LogP contribution in [-0.4, -0.2) is 22.9 Å². The molecule has 2 rings (SSSR count). The predicted octanol–water partition coefficient (Wildman–Crippen LogP) is 2.68. The summed E-state index contributed by atoms with van der Waals surface area (Å²) in [6.45, 7) is 4.40. The van der Waals surface area contributed by atoms with Crippen LogP contribution in [0.5, 0.6) is 0 Å². The van der Waals surface area contributed by atoms with Gasteiger partial charge in [0.2, 0.25) is 0 Å². The van der Waals surface area contributed by atoms with E-state index in [4.69, 9.17) is 0 Å². The summed E-state index contributed by atoms with van der Waals surface area (Å²) >= 11 is 5.40. The summed E-state index contributed by atoms with van der Waals surface area (Å²) in [6, 6.07) is 0. The summed E-state index contributed by atoms with van der Waals surface area (Å²) < 4.78 is 0. The van der Waals surface area contributed by atoms with Crippen molar-refractivity contribution >= 4 is 32.4 Å². The molecule has 0 aliphatic carbocycles. The molecule has 0 N–H and O–H groups in total. The molecule has 1 unspecified atom stereocenters. The molecule has 4 heteroatoms. The van der Waals surface area contributed by atoms with E-state index in [1.807, 2.05) is 0 Å².